The average molecular weight is 351 g/mol. The molecule has 0 saturated heterocycles. The van der Waals surface area contributed by atoms with Gasteiger partial charge in [0.2, 0.25) is 5.91 Å². The number of aromatic nitrogens is 3. The van der Waals surface area contributed by atoms with Crippen molar-refractivity contribution in [2.24, 2.45) is 0 Å². The molecule has 0 saturated carbocycles. The van der Waals surface area contributed by atoms with Crippen LogP contribution in [0.25, 0.3) is 16.9 Å². The van der Waals surface area contributed by atoms with Crippen molar-refractivity contribution in [3.05, 3.63) is 48.3 Å². The number of hydrogen-bond donors (Lipinski definition) is 2. The fourth-order valence-electron chi connectivity index (χ4n) is 2.81. The highest BCUT2D eigenvalue weighted by molar-refractivity contribution is 5.92. The first kappa shape index (κ1) is 17.5. The molecule has 3 aromatic rings. The summed E-state index contributed by atoms with van der Waals surface area (Å²) in [5.41, 5.74) is 2.74. The minimum atomic E-state index is -1.12. The molecule has 8 heteroatoms. The van der Waals surface area contributed by atoms with Gasteiger partial charge in [-0.2, -0.15) is 10.4 Å². The molecule has 1 aromatic carbocycles. The number of aliphatic hydroxyl groups is 2. The number of carbonyl (C=O) groups is 1. The summed E-state index contributed by atoms with van der Waals surface area (Å²) >= 11 is 0. The first-order chi connectivity index (χ1) is 12.6. The Balaban J connectivity index is 2.09. The van der Waals surface area contributed by atoms with Crippen LogP contribution in [0.5, 0.6) is 0 Å². The van der Waals surface area contributed by atoms with E-state index in [1.165, 1.54) is 18.0 Å². The molecule has 0 spiro atoms. The Morgan fingerprint density at radius 1 is 1.42 bits per heavy atom. The van der Waals surface area contributed by atoms with Crippen molar-refractivity contribution in [2.45, 2.75) is 19.6 Å². The van der Waals surface area contributed by atoms with E-state index in [9.17, 15) is 9.90 Å². The van der Waals surface area contributed by atoms with E-state index in [0.29, 0.717) is 22.6 Å². The number of aliphatic hydroxyl groups excluding tert-OH is 2. The number of benzene rings is 1. The third kappa shape index (κ3) is 3.13. The van der Waals surface area contributed by atoms with Gasteiger partial charge in [0.15, 0.2) is 5.65 Å². The van der Waals surface area contributed by atoms with E-state index in [2.05, 4.69) is 10.1 Å². The van der Waals surface area contributed by atoms with Crippen LogP contribution >= 0.6 is 0 Å². The maximum absolute atomic E-state index is 12.0. The van der Waals surface area contributed by atoms with E-state index in [1.54, 1.807) is 35.0 Å². The fourth-order valence-corrected chi connectivity index (χ4v) is 2.81. The monoisotopic (exact) mass is 351 g/mol. The van der Waals surface area contributed by atoms with Crippen LogP contribution in [0, 0.1) is 11.3 Å². The summed E-state index contributed by atoms with van der Waals surface area (Å²) in [6.45, 7) is 1.12. The molecule has 1 amide bonds. The normalized spacial score (nSPS) is 11.9. The summed E-state index contributed by atoms with van der Waals surface area (Å²) < 4.78 is 1.56. The number of hydrogen-bond acceptors (Lipinski definition) is 6. The molecule has 0 aliphatic heterocycles. The SMILES string of the molecule is CC(=O)N(c1cccc(-c2ccnc3c(C#N)cnn23)c1)C(O)CCO. The molecule has 2 aromatic heterocycles. The highest BCUT2D eigenvalue weighted by Gasteiger charge is 2.21. The number of rotatable bonds is 5. The maximum atomic E-state index is 12.0. The minimum absolute atomic E-state index is 0.0496. The molecular weight excluding hydrogens is 334 g/mol. The van der Waals surface area contributed by atoms with E-state index in [-0.39, 0.29) is 18.9 Å². The zero-order chi connectivity index (χ0) is 18.7. The molecule has 1 atom stereocenters. The number of fused-ring (bicyclic) bond motifs is 1. The molecule has 0 aliphatic rings. The largest absolute Gasteiger partial charge is 0.396 e. The summed E-state index contributed by atoms with van der Waals surface area (Å²) in [5, 5.41) is 32.6. The lowest BCUT2D eigenvalue weighted by Crippen LogP contribution is -2.39. The van der Waals surface area contributed by atoms with Gasteiger partial charge in [0.25, 0.3) is 0 Å². The highest BCUT2D eigenvalue weighted by Crippen LogP contribution is 2.27. The topological polar surface area (TPSA) is 115 Å². The average Bonchev–Trinajstić information content (AvgIpc) is 3.05. The van der Waals surface area contributed by atoms with Gasteiger partial charge in [0.1, 0.15) is 17.9 Å². The number of carbonyl (C=O) groups excluding carboxylic acids is 1. The first-order valence-corrected chi connectivity index (χ1v) is 7.99. The first-order valence-electron chi connectivity index (χ1n) is 7.99. The van der Waals surface area contributed by atoms with Gasteiger partial charge in [-0.05, 0) is 18.2 Å². The summed E-state index contributed by atoms with van der Waals surface area (Å²) in [6, 6.07) is 10.8. The van der Waals surface area contributed by atoms with Crippen molar-refractivity contribution in [1.29, 1.82) is 5.26 Å². The zero-order valence-electron chi connectivity index (χ0n) is 14.1. The van der Waals surface area contributed by atoms with E-state index in [0.717, 1.165) is 5.56 Å². The van der Waals surface area contributed by atoms with Gasteiger partial charge >= 0.3 is 0 Å². The second-order valence-corrected chi connectivity index (χ2v) is 5.67. The predicted molar refractivity (Wildman–Crippen MR) is 94.0 cm³/mol. The molecule has 2 N–H and O–H groups in total. The lowest BCUT2D eigenvalue weighted by atomic mass is 10.1. The third-order valence-corrected chi connectivity index (χ3v) is 3.97. The second kappa shape index (κ2) is 7.31. The summed E-state index contributed by atoms with van der Waals surface area (Å²) in [6.07, 6.45) is 1.96. The Labute approximate surface area is 149 Å². The molecule has 0 fully saturated rings. The fraction of sp³-hybridized carbons (Fsp3) is 0.222. The molecule has 8 nitrogen and oxygen atoms in total. The van der Waals surface area contributed by atoms with E-state index >= 15 is 0 Å². The number of anilines is 1. The van der Waals surface area contributed by atoms with E-state index < -0.39 is 6.23 Å². The molecule has 0 radical (unpaired) electrons. The highest BCUT2D eigenvalue weighted by atomic mass is 16.3. The smallest absolute Gasteiger partial charge is 0.225 e. The molecule has 132 valence electrons. The number of nitriles is 1. The number of nitrogens with zero attached hydrogens (tertiary/aromatic N) is 5. The van der Waals surface area contributed by atoms with Gasteiger partial charge in [-0.25, -0.2) is 9.50 Å². The van der Waals surface area contributed by atoms with Crippen LogP contribution in [0.2, 0.25) is 0 Å². The second-order valence-electron chi connectivity index (χ2n) is 5.67. The van der Waals surface area contributed by atoms with Crippen molar-refractivity contribution in [3.8, 4) is 17.3 Å². The van der Waals surface area contributed by atoms with Crippen molar-refractivity contribution >= 4 is 17.2 Å². The summed E-state index contributed by atoms with van der Waals surface area (Å²) in [4.78, 5) is 17.4. The van der Waals surface area contributed by atoms with Crippen molar-refractivity contribution in [1.82, 2.24) is 14.6 Å². The maximum Gasteiger partial charge on any atom is 0.225 e. The Morgan fingerprint density at radius 2 is 2.23 bits per heavy atom. The van der Waals surface area contributed by atoms with Crippen LogP contribution in [-0.4, -0.2) is 43.6 Å². The Morgan fingerprint density at radius 3 is 2.92 bits per heavy atom. The van der Waals surface area contributed by atoms with Crippen molar-refractivity contribution in [2.75, 3.05) is 11.5 Å². The molecule has 0 bridgehead atoms. The lowest BCUT2D eigenvalue weighted by molar-refractivity contribution is -0.118. The minimum Gasteiger partial charge on any atom is -0.396 e. The van der Waals surface area contributed by atoms with Crippen LogP contribution in [0.3, 0.4) is 0 Å². The van der Waals surface area contributed by atoms with Crippen molar-refractivity contribution in [3.63, 3.8) is 0 Å². The zero-order valence-corrected chi connectivity index (χ0v) is 14.1. The predicted octanol–water partition coefficient (Wildman–Crippen LogP) is 1.32. The van der Waals surface area contributed by atoms with Crippen molar-refractivity contribution < 1.29 is 15.0 Å². The van der Waals surface area contributed by atoms with Gasteiger partial charge in [-0.1, -0.05) is 12.1 Å². The van der Waals surface area contributed by atoms with Crippen LogP contribution in [0.1, 0.15) is 18.9 Å². The van der Waals surface area contributed by atoms with E-state index in [4.69, 9.17) is 10.4 Å². The Hall–Kier alpha value is -3.28. The van der Waals surface area contributed by atoms with E-state index in [1.807, 2.05) is 12.1 Å². The number of amides is 1. The molecule has 26 heavy (non-hydrogen) atoms. The molecular formula is C18H17N5O3. The standard InChI is InChI=1S/C18H17N5O3/c1-12(25)22(17(26)6-8-24)15-4-2-3-13(9-15)16-5-7-20-18-14(10-19)11-21-23(16)18/h2-5,7,9,11,17,24,26H,6,8H2,1H3. The third-order valence-electron chi connectivity index (χ3n) is 3.97. The van der Waals surface area contributed by atoms with Gasteiger partial charge in [0.05, 0.1) is 11.9 Å². The molecule has 1 unspecified atom stereocenters. The van der Waals surface area contributed by atoms with Crippen LogP contribution < -0.4 is 4.90 Å². The molecule has 2 heterocycles. The van der Waals surface area contributed by atoms with Crippen LogP contribution in [0.15, 0.2) is 42.7 Å². The summed E-state index contributed by atoms with van der Waals surface area (Å²) in [5.74, 6) is -0.339. The van der Waals surface area contributed by atoms with Crippen LogP contribution in [0.4, 0.5) is 5.69 Å². The van der Waals surface area contributed by atoms with Gasteiger partial charge in [0, 0.05) is 37.4 Å². The Bertz CT molecular complexity index is 992. The van der Waals surface area contributed by atoms with Gasteiger partial charge in [-0.3, -0.25) is 9.69 Å². The van der Waals surface area contributed by atoms with Gasteiger partial charge < -0.3 is 10.2 Å². The van der Waals surface area contributed by atoms with Crippen LogP contribution in [-0.2, 0) is 4.79 Å². The molecule has 0 aliphatic carbocycles. The van der Waals surface area contributed by atoms with Gasteiger partial charge in [-0.15, -0.1) is 0 Å². The molecule has 3 rings (SSSR count). The lowest BCUT2D eigenvalue weighted by Gasteiger charge is -2.27. The summed E-state index contributed by atoms with van der Waals surface area (Å²) in [7, 11) is 0. The quantitative estimate of drug-likeness (QED) is 0.670. The Kier molecular flexibility index (Phi) is 4.93.